The molecule has 2 aliphatic heterocycles. The van der Waals surface area contributed by atoms with Crippen LogP contribution in [0, 0.1) is 5.41 Å². The Balaban J connectivity index is 1.66. The minimum atomic E-state index is -0.483. The Morgan fingerprint density at radius 1 is 1.40 bits per heavy atom. The zero-order valence-electron chi connectivity index (χ0n) is 15.2. The van der Waals surface area contributed by atoms with Gasteiger partial charge in [0.1, 0.15) is 18.1 Å². The van der Waals surface area contributed by atoms with Gasteiger partial charge in [0.05, 0.1) is 19.8 Å². The summed E-state index contributed by atoms with van der Waals surface area (Å²) in [7, 11) is 1.66. The molecule has 1 saturated heterocycles. The Hall–Kier alpha value is -1.56. The van der Waals surface area contributed by atoms with E-state index in [9.17, 15) is 10.2 Å². The Labute approximate surface area is 149 Å². The Morgan fingerprint density at radius 3 is 2.92 bits per heavy atom. The summed E-state index contributed by atoms with van der Waals surface area (Å²) >= 11 is 0. The number of nitrogens with zero attached hydrogens (tertiary/aromatic N) is 1. The fraction of sp³-hybridized carbons (Fsp3) is 0.600. The zero-order chi connectivity index (χ0) is 17.9. The van der Waals surface area contributed by atoms with Crippen LogP contribution < -0.4 is 9.47 Å². The number of likely N-dealkylation sites (tertiary alicyclic amines) is 1. The average Bonchev–Trinajstić information content (AvgIpc) is 2.63. The number of β-amino-alcohol motifs (C(OH)–C–C–N with tert-alkyl or cyclic N) is 1. The summed E-state index contributed by atoms with van der Waals surface area (Å²) in [6, 6.07) is 5.82. The van der Waals surface area contributed by atoms with Crippen LogP contribution >= 0.6 is 0 Å². The SMILES string of the molecule is CCC[C@]1(CO)CCN(CC2=Cc3cc(OC)ccc3OC2)C[C@@H]1O. The van der Waals surface area contributed by atoms with Crippen molar-refractivity contribution in [2.75, 3.05) is 40.0 Å². The van der Waals surface area contributed by atoms with Gasteiger partial charge in [-0.15, -0.1) is 0 Å². The van der Waals surface area contributed by atoms with Crippen molar-refractivity contribution in [1.82, 2.24) is 4.90 Å². The van der Waals surface area contributed by atoms with Crippen molar-refractivity contribution in [3.63, 3.8) is 0 Å². The number of hydrogen-bond donors (Lipinski definition) is 2. The standard InChI is InChI=1S/C20H29NO4/c1-3-6-20(14-22)7-8-21(12-19(20)23)11-15-9-16-10-17(24-2)4-5-18(16)25-13-15/h4-5,9-10,19,22-23H,3,6-8,11-14H2,1-2H3/t19-,20+/m0/s1. The molecule has 2 atom stereocenters. The first-order valence-corrected chi connectivity index (χ1v) is 9.12. The molecule has 1 aromatic carbocycles. The molecular formula is C20H29NO4. The average molecular weight is 347 g/mol. The maximum atomic E-state index is 10.6. The monoisotopic (exact) mass is 347 g/mol. The van der Waals surface area contributed by atoms with Crippen LogP contribution in [0.3, 0.4) is 0 Å². The van der Waals surface area contributed by atoms with Crippen molar-refractivity contribution < 1.29 is 19.7 Å². The number of rotatable bonds is 6. The topological polar surface area (TPSA) is 62.2 Å². The van der Waals surface area contributed by atoms with E-state index in [4.69, 9.17) is 9.47 Å². The van der Waals surface area contributed by atoms with Gasteiger partial charge in [-0.05, 0) is 49.2 Å². The quantitative estimate of drug-likeness (QED) is 0.827. The molecule has 25 heavy (non-hydrogen) atoms. The van der Waals surface area contributed by atoms with E-state index < -0.39 is 6.10 Å². The second-order valence-corrected chi connectivity index (χ2v) is 7.27. The van der Waals surface area contributed by atoms with Gasteiger partial charge in [-0.1, -0.05) is 13.3 Å². The van der Waals surface area contributed by atoms with Gasteiger partial charge in [0, 0.05) is 24.1 Å². The predicted octanol–water partition coefficient (Wildman–Crippen LogP) is 2.32. The summed E-state index contributed by atoms with van der Waals surface area (Å²) < 4.78 is 11.1. The minimum absolute atomic E-state index is 0.0643. The molecule has 2 heterocycles. The fourth-order valence-corrected chi connectivity index (χ4v) is 3.98. The van der Waals surface area contributed by atoms with Gasteiger partial charge in [0.15, 0.2) is 0 Å². The van der Waals surface area contributed by atoms with Crippen LogP contribution in [0.1, 0.15) is 31.7 Å². The molecular weight excluding hydrogens is 318 g/mol. The van der Waals surface area contributed by atoms with Crippen LogP contribution in [-0.4, -0.2) is 61.2 Å². The number of piperidine rings is 1. The van der Waals surface area contributed by atoms with Gasteiger partial charge >= 0.3 is 0 Å². The van der Waals surface area contributed by atoms with Crippen LogP contribution in [0.15, 0.2) is 23.8 Å². The molecule has 0 unspecified atom stereocenters. The van der Waals surface area contributed by atoms with Crippen molar-refractivity contribution in [2.24, 2.45) is 5.41 Å². The minimum Gasteiger partial charge on any atom is -0.497 e. The molecule has 0 aliphatic carbocycles. The van der Waals surface area contributed by atoms with Crippen LogP contribution in [0.4, 0.5) is 0 Å². The molecule has 0 bridgehead atoms. The lowest BCUT2D eigenvalue weighted by Crippen LogP contribution is -2.53. The molecule has 0 amide bonds. The number of hydrogen-bond acceptors (Lipinski definition) is 5. The summed E-state index contributed by atoms with van der Waals surface area (Å²) in [5.41, 5.74) is 1.90. The molecule has 2 aliphatic rings. The highest BCUT2D eigenvalue weighted by atomic mass is 16.5. The predicted molar refractivity (Wildman–Crippen MR) is 98.0 cm³/mol. The molecule has 5 nitrogen and oxygen atoms in total. The number of ether oxygens (including phenoxy) is 2. The molecule has 0 saturated carbocycles. The molecule has 5 heteroatoms. The van der Waals surface area contributed by atoms with E-state index in [1.54, 1.807) is 7.11 Å². The first-order valence-electron chi connectivity index (χ1n) is 9.12. The highest BCUT2D eigenvalue weighted by Crippen LogP contribution is 2.37. The normalized spacial score (nSPS) is 26.6. The van der Waals surface area contributed by atoms with Gasteiger partial charge in [-0.2, -0.15) is 0 Å². The van der Waals surface area contributed by atoms with E-state index in [0.717, 1.165) is 49.4 Å². The van der Waals surface area contributed by atoms with E-state index in [1.165, 1.54) is 5.57 Å². The van der Waals surface area contributed by atoms with Gasteiger partial charge in [0.25, 0.3) is 0 Å². The van der Waals surface area contributed by atoms with E-state index in [1.807, 2.05) is 18.2 Å². The maximum Gasteiger partial charge on any atom is 0.127 e. The molecule has 138 valence electrons. The van der Waals surface area contributed by atoms with E-state index in [0.29, 0.717) is 13.2 Å². The number of aliphatic hydroxyl groups excluding tert-OH is 2. The van der Waals surface area contributed by atoms with Crippen LogP contribution in [0.5, 0.6) is 11.5 Å². The van der Waals surface area contributed by atoms with Crippen molar-refractivity contribution in [2.45, 2.75) is 32.3 Å². The maximum absolute atomic E-state index is 10.6. The smallest absolute Gasteiger partial charge is 0.127 e. The van der Waals surface area contributed by atoms with Crippen LogP contribution in [0.25, 0.3) is 6.08 Å². The van der Waals surface area contributed by atoms with Gasteiger partial charge in [0.2, 0.25) is 0 Å². The zero-order valence-corrected chi connectivity index (χ0v) is 15.2. The summed E-state index contributed by atoms with van der Waals surface area (Å²) in [5, 5.41) is 20.4. The van der Waals surface area contributed by atoms with Gasteiger partial charge in [-0.25, -0.2) is 0 Å². The first kappa shape index (κ1) is 18.2. The molecule has 0 aromatic heterocycles. The highest BCUT2D eigenvalue weighted by Gasteiger charge is 2.41. The Bertz CT molecular complexity index is 630. The third-order valence-corrected chi connectivity index (χ3v) is 5.54. The van der Waals surface area contributed by atoms with Crippen LogP contribution in [-0.2, 0) is 0 Å². The van der Waals surface area contributed by atoms with Crippen molar-refractivity contribution in [3.05, 3.63) is 29.3 Å². The third-order valence-electron chi connectivity index (χ3n) is 5.54. The number of benzene rings is 1. The lowest BCUT2D eigenvalue weighted by Gasteiger charge is -2.45. The second kappa shape index (κ2) is 7.77. The van der Waals surface area contributed by atoms with Crippen LogP contribution in [0.2, 0.25) is 0 Å². The second-order valence-electron chi connectivity index (χ2n) is 7.27. The number of methoxy groups -OCH3 is 1. The largest absolute Gasteiger partial charge is 0.497 e. The fourth-order valence-electron chi connectivity index (χ4n) is 3.98. The van der Waals surface area contributed by atoms with Crippen molar-refractivity contribution >= 4 is 6.08 Å². The molecule has 2 N–H and O–H groups in total. The summed E-state index contributed by atoms with van der Waals surface area (Å²) in [4.78, 5) is 2.26. The summed E-state index contributed by atoms with van der Waals surface area (Å²) in [5.74, 6) is 1.70. The lowest BCUT2D eigenvalue weighted by atomic mass is 9.73. The van der Waals surface area contributed by atoms with E-state index in [-0.39, 0.29) is 12.0 Å². The summed E-state index contributed by atoms with van der Waals surface area (Å²) in [6.45, 7) is 5.01. The number of aliphatic hydroxyl groups is 2. The first-order chi connectivity index (χ1) is 12.1. The van der Waals surface area contributed by atoms with Gasteiger partial charge in [-0.3, -0.25) is 4.90 Å². The van der Waals surface area contributed by atoms with Crippen molar-refractivity contribution in [3.8, 4) is 11.5 Å². The molecule has 1 fully saturated rings. The number of fused-ring (bicyclic) bond motifs is 1. The molecule has 0 radical (unpaired) electrons. The molecule has 3 rings (SSSR count). The third kappa shape index (κ3) is 3.84. The Kier molecular flexibility index (Phi) is 5.67. The van der Waals surface area contributed by atoms with Crippen molar-refractivity contribution in [1.29, 1.82) is 0 Å². The van der Waals surface area contributed by atoms with E-state index >= 15 is 0 Å². The highest BCUT2D eigenvalue weighted by molar-refractivity contribution is 5.64. The Morgan fingerprint density at radius 2 is 2.24 bits per heavy atom. The summed E-state index contributed by atoms with van der Waals surface area (Å²) in [6.07, 6.45) is 4.36. The van der Waals surface area contributed by atoms with E-state index in [2.05, 4.69) is 17.9 Å². The lowest BCUT2D eigenvalue weighted by molar-refractivity contribution is -0.0768. The van der Waals surface area contributed by atoms with Gasteiger partial charge < -0.3 is 19.7 Å². The molecule has 0 spiro atoms. The molecule has 1 aromatic rings.